The number of nitrogens with two attached hydrogens (primary N) is 1. The molecule has 2 atom stereocenters. The van der Waals surface area contributed by atoms with Crippen LogP contribution < -0.4 is 16.6 Å². The number of carbonyl (C=O) groups excluding carboxylic acids is 1. The monoisotopic (exact) mass is 507 g/mol. The van der Waals surface area contributed by atoms with Crippen molar-refractivity contribution in [3.63, 3.8) is 0 Å². The molecule has 0 bridgehead atoms. The Bertz CT molecular complexity index is 1780. The second kappa shape index (κ2) is 10.2. The summed E-state index contributed by atoms with van der Waals surface area (Å²) in [6.45, 7) is 3.58. The van der Waals surface area contributed by atoms with Crippen molar-refractivity contribution in [3.8, 4) is 17.5 Å². The number of amides is 1. The Labute approximate surface area is 218 Å². The van der Waals surface area contributed by atoms with Crippen molar-refractivity contribution in [1.29, 1.82) is 0 Å². The minimum absolute atomic E-state index is 0.0498. The zero-order valence-corrected chi connectivity index (χ0v) is 21.0. The van der Waals surface area contributed by atoms with Crippen molar-refractivity contribution in [1.82, 2.24) is 29.5 Å². The maximum absolute atomic E-state index is 14.0. The van der Waals surface area contributed by atoms with Crippen LogP contribution in [0, 0.1) is 11.8 Å². The first-order chi connectivity index (χ1) is 18.4. The maximum atomic E-state index is 14.0. The lowest BCUT2D eigenvalue weighted by atomic mass is 10.1. The van der Waals surface area contributed by atoms with Crippen LogP contribution in [0.3, 0.4) is 0 Å². The summed E-state index contributed by atoms with van der Waals surface area (Å²) in [6.07, 6.45) is 2.92. The van der Waals surface area contributed by atoms with E-state index >= 15 is 0 Å². The van der Waals surface area contributed by atoms with E-state index in [1.165, 1.54) is 9.08 Å². The van der Waals surface area contributed by atoms with Crippen LogP contribution in [0.4, 0.5) is 5.82 Å². The average molecular weight is 508 g/mol. The smallest absolute Gasteiger partial charge is 0.267 e. The van der Waals surface area contributed by atoms with E-state index in [1.54, 1.807) is 62.8 Å². The minimum atomic E-state index is -0.680. The predicted octanol–water partition coefficient (Wildman–Crippen LogP) is 2.89. The van der Waals surface area contributed by atoms with E-state index in [-0.39, 0.29) is 23.0 Å². The van der Waals surface area contributed by atoms with Crippen LogP contribution in [-0.4, -0.2) is 43.3 Å². The first-order valence-electron chi connectivity index (χ1n) is 11.9. The lowest BCUT2D eigenvalue weighted by Gasteiger charge is -2.20. The highest BCUT2D eigenvalue weighted by atomic mass is 16.5. The average Bonchev–Trinajstić information content (AvgIpc) is 3.27. The van der Waals surface area contributed by atoms with E-state index in [0.717, 1.165) is 0 Å². The topological polar surface area (TPSA) is 129 Å². The Balaban J connectivity index is 1.65. The van der Waals surface area contributed by atoms with Gasteiger partial charge in [-0.25, -0.2) is 14.5 Å². The van der Waals surface area contributed by atoms with Crippen molar-refractivity contribution in [2.24, 2.45) is 0 Å². The van der Waals surface area contributed by atoms with Gasteiger partial charge in [0, 0.05) is 25.1 Å². The minimum Gasteiger partial charge on any atom is -0.381 e. The fraction of sp³-hybridized carbons (Fsp3) is 0.179. The van der Waals surface area contributed by atoms with Crippen molar-refractivity contribution in [2.45, 2.75) is 26.0 Å². The second-order valence-electron chi connectivity index (χ2n) is 8.64. The van der Waals surface area contributed by atoms with Crippen molar-refractivity contribution >= 4 is 28.3 Å². The van der Waals surface area contributed by atoms with E-state index in [9.17, 15) is 9.59 Å². The number of aromatic nitrogens is 5. The molecule has 0 aliphatic rings. The van der Waals surface area contributed by atoms with Gasteiger partial charge >= 0.3 is 0 Å². The molecule has 5 aromatic rings. The summed E-state index contributed by atoms with van der Waals surface area (Å²) >= 11 is 0. The normalized spacial score (nSPS) is 12.6. The number of nitrogens with one attached hydrogen (secondary N) is 1. The van der Waals surface area contributed by atoms with Crippen LogP contribution in [0.15, 0.2) is 71.8 Å². The van der Waals surface area contributed by atoms with Gasteiger partial charge in [0.25, 0.3) is 11.5 Å². The molecule has 3 N–H and O–H groups in total. The largest absolute Gasteiger partial charge is 0.381 e. The molecule has 190 valence electrons. The third-order valence-electron chi connectivity index (χ3n) is 6.09. The summed E-state index contributed by atoms with van der Waals surface area (Å²) in [4.78, 5) is 36.4. The number of fused-ring (bicyclic) bond motifs is 2. The number of hydrogen-bond acceptors (Lipinski definition) is 7. The molecule has 0 fully saturated rings. The van der Waals surface area contributed by atoms with Crippen LogP contribution in [0.5, 0.6) is 0 Å². The molecule has 2 aromatic carbocycles. The molecule has 1 amide bonds. The van der Waals surface area contributed by atoms with Gasteiger partial charge in [0.05, 0.1) is 22.6 Å². The summed E-state index contributed by atoms with van der Waals surface area (Å²) < 4.78 is 8.17. The molecule has 1 unspecified atom stereocenters. The van der Waals surface area contributed by atoms with Gasteiger partial charge in [-0.15, -0.1) is 5.10 Å². The number of hydrogen-bond donors (Lipinski definition) is 2. The highest BCUT2D eigenvalue weighted by Gasteiger charge is 2.24. The van der Waals surface area contributed by atoms with Gasteiger partial charge in [-0.2, -0.15) is 0 Å². The number of nitrogens with zero attached hydrogens (tertiary/aromatic N) is 5. The van der Waals surface area contributed by atoms with E-state index in [1.807, 2.05) is 25.1 Å². The predicted molar refractivity (Wildman–Crippen MR) is 144 cm³/mol. The summed E-state index contributed by atoms with van der Waals surface area (Å²) in [5.74, 6) is 5.96. The van der Waals surface area contributed by atoms with Gasteiger partial charge in [0.15, 0.2) is 11.5 Å². The molecule has 3 aromatic heterocycles. The van der Waals surface area contributed by atoms with Gasteiger partial charge in [-0.05, 0) is 44.2 Å². The Morgan fingerprint density at radius 1 is 1.11 bits per heavy atom. The maximum Gasteiger partial charge on any atom is 0.267 e. The SMILES string of the molecule is COC(C)C#Cc1cccc2nc([C@H](C)NC(=O)c3c(N)nn4cccnc34)n(-c3ccccc3)c(=O)c12. The summed E-state index contributed by atoms with van der Waals surface area (Å²) in [6, 6.07) is 15.5. The molecular formula is C28H25N7O3. The third kappa shape index (κ3) is 4.47. The Morgan fingerprint density at radius 3 is 2.66 bits per heavy atom. The molecule has 0 aliphatic heterocycles. The first-order valence-corrected chi connectivity index (χ1v) is 11.9. The third-order valence-corrected chi connectivity index (χ3v) is 6.09. The van der Waals surface area contributed by atoms with Crippen LogP contribution in [0.1, 0.15) is 41.6 Å². The van der Waals surface area contributed by atoms with Crippen LogP contribution in [0.25, 0.3) is 22.2 Å². The molecule has 5 rings (SSSR count). The molecule has 0 aliphatic carbocycles. The quantitative estimate of drug-likeness (QED) is 0.350. The van der Waals surface area contributed by atoms with E-state index in [4.69, 9.17) is 15.5 Å². The second-order valence-corrected chi connectivity index (χ2v) is 8.64. The first kappa shape index (κ1) is 24.7. The van der Waals surface area contributed by atoms with Gasteiger partial charge in [-0.1, -0.05) is 36.1 Å². The van der Waals surface area contributed by atoms with Gasteiger partial charge < -0.3 is 15.8 Å². The van der Waals surface area contributed by atoms with Gasteiger partial charge in [0.1, 0.15) is 17.5 Å². The number of ether oxygens (including phenoxy) is 1. The van der Waals surface area contributed by atoms with Crippen molar-refractivity contribution in [2.75, 3.05) is 12.8 Å². The highest BCUT2D eigenvalue weighted by molar-refractivity contribution is 6.04. The molecule has 10 heteroatoms. The van der Waals surface area contributed by atoms with Gasteiger partial charge in [-0.3, -0.25) is 14.2 Å². The van der Waals surface area contributed by atoms with Crippen LogP contribution >= 0.6 is 0 Å². The standard InChI is InChI=1S/C28H25N7O3/c1-17(38-3)13-14-19-9-7-12-21-22(19)28(37)35(20-10-5-4-6-11-20)25(32-21)18(2)31-27(36)23-24(29)33-34-16-8-15-30-26(23)34/h4-12,15-18H,1-3H3,(H2,29,33)(H,31,36)/t17?,18-/m0/s1. The van der Waals surface area contributed by atoms with E-state index in [0.29, 0.717) is 33.6 Å². The van der Waals surface area contributed by atoms with Crippen molar-refractivity contribution < 1.29 is 9.53 Å². The fourth-order valence-electron chi connectivity index (χ4n) is 4.16. The van der Waals surface area contributed by atoms with Crippen LogP contribution in [-0.2, 0) is 4.74 Å². The Kier molecular flexibility index (Phi) is 6.60. The number of benzene rings is 2. The lowest BCUT2D eigenvalue weighted by molar-refractivity contribution is 0.0940. The molecule has 0 saturated heterocycles. The molecule has 3 heterocycles. The fourth-order valence-corrected chi connectivity index (χ4v) is 4.16. The molecule has 38 heavy (non-hydrogen) atoms. The number of anilines is 1. The number of para-hydroxylation sites is 1. The zero-order chi connectivity index (χ0) is 26.8. The van der Waals surface area contributed by atoms with E-state index < -0.39 is 11.9 Å². The lowest BCUT2D eigenvalue weighted by Crippen LogP contribution is -2.33. The molecular weight excluding hydrogens is 482 g/mol. The summed E-state index contributed by atoms with van der Waals surface area (Å²) in [5, 5.41) is 7.46. The Hall–Kier alpha value is -5.01. The van der Waals surface area contributed by atoms with Crippen molar-refractivity contribution in [3.05, 3.63) is 94.3 Å². The number of nitrogen functional groups attached to an aromatic ring is 1. The van der Waals surface area contributed by atoms with Gasteiger partial charge in [0.2, 0.25) is 0 Å². The molecule has 0 saturated carbocycles. The molecule has 0 spiro atoms. The molecule has 0 radical (unpaired) electrons. The number of carbonyl (C=O) groups is 1. The summed E-state index contributed by atoms with van der Waals surface area (Å²) in [7, 11) is 1.57. The number of rotatable bonds is 5. The summed E-state index contributed by atoms with van der Waals surface area (Å²) in [5.41, 5.74) is 7.83. The highest BCUT2D eigenvalue weighted by Crippen LogP contribution is 2.22. The van der Waals surface area contributed by atoms with Crippen LogP contribution in [0.2, 0.25) is 0 Å². The number of methoxy groups -OCH3 is 1. The Morgan fingerprint density at radius 2 is 1.89 bits per heavy atom. The van der Waals surface area contributed by atoms with E-state index in [2.05, 4.69) is 27.2 Å². The zero-order valence-electron chi connectivity index (χ0n) is 21.0. The molecule has 10 nitrogen and oxygen atoms in total.